The third-order valence-electron chi connectivity index (χ3n) is 3.61. The number of benzene rings is 1. The second kappa shape index (κ2) is 7.69. The number of aromatic nitrogens is 1. The van der Waals surface area contributed by atoms with Gasteiger partial charge in [-0.05, 0) is 45.1 Å². The highest BCUT2D eigenvalue weighted by Crippen LogP contribution is 2.24. The highest BCUT2D eigenvalue weighted by Gasteiger charge is 2.05. The molecular weight excluding hydrogens is 278 g/mol. The van der Waals surface area contributed by atoms with E-state index in [-0.39, 0.29) is 0 Å². The largest absolute Gasteiger partial charge is 0.315 e. The lowest BCUT2D eigenvalue weighted by Gasteiger charge is -2.09. The van der Waals surface area contributed by atoms with Crippen LogP contribution in [0.2, 0.25) is 0 Å². The monoisotopic (exact) mass is 303 g/mol. The van der Waals surface area contributed by atoms with Crippen molar-refractivity contribution in [3.05, 3.63) is 39.7 Å². The predicted octanol–water partition coefficient (Wildman–Crippen LogP) is 3.12. The molecule has 3 nitrogen and oxygen atoms in total. The summed E-state index contributed by atoms with van der Waals surface area (Å²) >= 11 is 1.76. The van der Waals surface area contributed by atoms with E-state index >= 15 is 0 Å². The summed E-state index contributed by atoms with van der Waals surface area (Å²) in [5.41, 5.74) is 4.99. The Bertz CT molecular complexity index is 575. The van der Waals surface area contributed by atoms with Gasteiger partial charge in [0.1, 0.15) is 0 Å². The van der Waals surface area contributed by atoms with Crippen LogP contribution in [0, 0.1) is 13.8 Å². The predicted molar refractivity (Wildman–Crippen MR) is 92.2 cm³/mol. The van der Waals surface area contributed by atoms with Gasteiger partial charge in [-0.25, -0.2) is 4.98 Å². The Morgan fingerprint density at radius 2 is 1.95 bits per heavy atom. The lowest BCUT2D eigenvalue weighted by molar-refractivity contribution is 0.401. The molecule has 21 heavy (non-hydrogen) atoms. The molecule has 4 heteroatoms. The van der Waals surface area contributed by atoms with Gasteiger partial charge in [-0.15, -0.1) is 11.3 Å². The number of thiazole rings is 1. The molecule has 1 heterocycles. The molecule has 2 rings (SSSR count). The van der Waals surface area contributed by atoms with E-state index in [0.717, 1.165) is 31.7 Å². The van der Waals surface area contributed by atoms with Gasteiger partial charge in [0, 0.05) is 37.0 Å². The van der Waals surface area contributed by atoms with E-state index in [4.69, 9.17) is 4.98 Å². The first-order valence-electron chi connectivity index (χ1n) is 7.44. The Labute approximate surface area is 132 Å². The van der Waals surface area contributed by atoms with Gasteiger partial charge >= 0.3 is 0 Å². The molecule has 0 fully saturated rings. The maximum atomic E-state index is 4.75. The second-order valence-electron chi connectivity index (χ2n) is 5.73. The average molecular weight is 303 g/mol. The minimum atomic E-state index is 0.994. The van der Waals surface area contributed by atoms with Crippen LogP contribution in [0.1, 0.15) is 16.1 Å². The summed E-state index contributed by atoms with van der Waals surface area (Å²) in [7, 11) is 4.19. The number of rotatable bonds is 7. The lowest BCUT2D eigenvalue weighted by atomic mass is 10.1. The van der Waals surface area contributed by atoms with Crippen molar-refractivity contribution in [1.29, 1.82) is 0 Å². The fourth-order valence-electron chi connectivity index (χ4n) is 2.08. The van der Waals surface area contributed by atoms with E-state index in [2.05, 4.69) is 61.7 Å². The van der Waals surface area contributed by atoms with Gasteiger partial charge in [0.2, 0.25) is 0 Å². The lowest BCUT2D eigenvalue weighted by Crippen LogP contribution is -2.27. The molecule has 1 aromatic carbocycles. The Balaban J connectivity index is 1.87. The molecule has 0 saturated carbocycles. The van der Waals surface area contributed by atoms with E-state index in [1.165, 1.54) is 21.7 Å². The van der Waals surface area contributed by atoms with Gasteiger partial charge in [0.05, 0.1) is 10.7 Å². The van der Waals surface area contributed by atoms with Crippen LogP contribution in [0.3, 0.4) is 0 Å². The van der Waals surface area contributed by atoms with Crippen molar-refractivity contribution in [1.82, 2.24) is 15.2 Å². The van der Waals surface area contributed by atoms with Crippen molar-refractivity contribution in [3.8, 4) is 11.3 Å². The summed E-state index contributed by atoms with van der Waals surface area (Å²) < 4.78 is 0. The van der Waals surface area contributed by atoms with E-state index in [0.29, 0.717) is 0 Å². The molecule has 0 spiro atoms. The molecule has 0 aliphatic rings. The fourth-order valence-corrected chi connectivity index (χ4v) is 2.89. The van der Waals surface area contributed by atoms with Crippen molar-refractivity contribution in [3.63, 3.8) is 0 Å². The van der Waals surface area contributed by atoms with Gasteiger partial charge < -0.3 is 10.2 Å². The Hall–Kier alpha value is -1.23. The summed E-state index contributed by atoms with van der Waals surface area (Å²) in [6, 6.07) is 6.56. The summed E-state index contributed by atoms with van der Waals surface area (Å²) in [5.74, 6) is 0. The molecule has 0 saturated heterocycles. The van der Waals surface area contributed by atoms with Crippen molar-refractivity contribution in [2.45, 2.75) is 20.3 Å². The fraction of sp³-hybridized carbons (Fsp3) is 0.471. The van der Waals surface area contributed by atoms with E-state index < -0.39 is 0 Å². The van der Waals surface area contributed by atoms with Gasteiger partial charge in [0.25, 0.3) is 0 Å². The first-order chi connectivity index (χ1) is 10.1. The van der Waals surface area contributed by atoms with Crippen molar-refractivity contribution >= 4 is 11.3 Å². The van der Waals surface area contributed by atoms with Gasteiger partial charge in [-0.1, -0.05) is 12.1 Å². The quantitative estimate of drug-likeness (QED) is 0.797. The zero-order chi connectivity index (χ0) is 15.2. The molecule has 0 aliphatic carbocycles. The number of nitrogens with zero attached hydrogens (tertiary/aromatic N) is 2. The van der Waals surface area contributed by atoms with Crippen LogP contribution >= 0.6 is 11.3 Å². The van der Waals surface area contributed by atoms with Crippen LogP contribution in [0.15, 0.2) is 23.6 Å². The molecule has 0 unspecified atom stereocenters. The summed E-state index contributed by atoms with van der Waals surface area (Å²) in [4.78, 5) is 6.94. The van der Waals surface area contributed by atoms with Crippen molar-refractivity contribution in [2.75, 3.05) is 33.7 Å². The number of aryl methyl sites for hydroxylation is 2. The van der Waals surface area contributed by atoms with E-state index in [1.807, 2.05) is 0 Å². The van der Waals surface area contributed by atoms with Crippen LogP contribution in [-0.4, -0.2) is 43.6 Å². The SMILES string of the molecule is Cc1ccc(-c2csc(CCNCCN(C)C)n2)cc1C. The minimum absolute atomic E-state index is 0.994. The van der Waals surface area contributed by atoms with E-state index in [9.17, 15) is 0 Å². The normalized spacial score (nSPS) is 11.3. The standard InChI is InChI=1S/C17H25N3S/c1-13-5-6-15(11-14(13)2)16-12-21-17(19-16)7-8-18-9-10-20(3)4/h5-6,11-12,18H,7-10H2,1-4H3. The number of nitrogens with one attached hydrogen (secondary N) is 1. The first-order valence-corrected chi connectivity index (χ1v) is 8.31. The average Bonchev–Trinajstić information content (AvgIpc) is 2.90. The molecule has 0 radical (unpaired) electrons. The summed E-state index contributed by atoms with van der Waals surface area (Å²) in [6.45, 7) is 7.40. The topological polar surface area (TPSA) is 28.2 Å². The third kappa shape index (κ3) is 4.92. The molecule has 1 N–H and O–H groups in total. The maximum Gasteiger partial charge on any atom is 0.0945 e. The van der Waals surface area contributed by atoms with Crippen molar-refractivity contribution in [2.24, 2.45) is 0 Å². The molecule has 0 bridgehead atoms. The highest BCUT2D eigenvalue weighted by molar-refractivity contribution is 7.09. The number of likely N-dealkylation sites (N-methyl/N-ethyl adjacent to an activating group) is 1. The molecule has 1 aromatic heterocycles. The Morgan fingerprint density at radius 3 is 2.67 bits per heavy atom. The smallest absolute Gasteiger partial charge is 0.0945 e. The molecule has 0 amide bonds. The van der Waals surface area contributed by atoms with Crippen LogP contribution in [-0.2, 0) is 6.42 Å². The van der Waals surface area contributed by atoms with Gasteiger partial charge in [-0.2, -0.15) is 0 Å². The first kappa shape index (κ1) is 16.1. The number of hydrogen-bond acceptors (Lipinski definition) is 4. The van der Waals surface area contributed by atoms with E-state index in [1.54, 1.807) is 11.3 Å². The highest BCUT2D eigenvalue weighted by atomic mass is 32.1. The summed E-state index contributed by atoms with van der Waals surface area (Å²) in [5, 5.41) is 6.83. The Kier molecular flexibility index (Phi) is 5.91. The minimum Gasteiger partial charge on any atom is -0.315 e. The zero-order valence-corrected chi connectivity index (χ0v) is 14.3. The zero-order valence-electron chi connectivity index (χ0n) is 13.4. The molecule has 0 aliphatic heterocycles. The molecule has 2 aromatic rings. The van der Waals surface area contributed by atoms with Gasteiger partial charge in [-0.3, -0.25) is 0 Å². The maximum absolute atomic E-state index is 4.75. The third-order valence-corrected chi connectivity index (χ3v) is 4.51. The second-order valence-corrected chi connectivity index (χ2v) is 6.67. The molecule has 114 valence electrons. The van der Waals surface area contributed by atoms with Crippen LogP contribution in [0.25, 0.3) is 11.3 Å². The molecule has 0 atom stereocenters. The Morgan fingerprint density at radius 1 is 1.14 bits per heavy atom. The summed E-state index contributed by atoms with van der Waals surface area (Å²) in [6.07, 6.45) is 1.00. The molecular formula is C17H25N3S. The van der Waals surface area contributed by atoms with Gasteiger partial charge in [0.15, 0.2) is 0 Å². The van der Waals surface area contributed by atoms with Crippen LogP contribution in [0.5, 0.6) is 0 Å². The van der Waals surface area contributed by atoms with Crippen LogP contribution < -0.4 is 5.32 Å². The van der Waals surface area contributed by atoms with Crippen molar-refractivity contribution < 1.29 is 0 Å². The number of hydrogen-bond donors (Lipinski definition) is 1. The van der Waals surface area contributed by atoms with Crippen LogP contribution in [0.4, 0.5) is 0 Å².